The summed E-state index contributed by atoms with van der Waals surface area (Å²) in [6, 6.07) is 22.1. The fourth-order valence-corrected chi connectivity index (χ4v) is 5.02. The lowest BCUT2D eigenvalue weighted by Crippen LogP contribution is -2.50. The van der Waals surface area contributed by atoms with Crippen LogP contribution in [-0.2, 0) is 10.2 Å². The molecule has 204 valence electrons. The molecule has 1 heterocycles. The van der Waals surface area contributed by atoms with E-state index in [1.165, 1.54) is 11.1 Å². The van der Waals surface area contributed by atoms with Crippen molar-refractivity contribution in [3.63, 3.8) is 0 Å². The van der Waals surface area contributed by atoms with Crippen molar-refractivity contribution in [2.24, 2.45) is 0 Å². The van der Waals surface area contributed by atoms with Gasteiger partial charge in [0.15, 0.2) is 0 Å². The van der Waals surface area contributed by atoms with Gasteiger partial charge in [-0.3, -0.25) is 0 Å². The maximum Gasteiger partial charge on any atom is 0.407 e. The van der Waals surface area contributed by atoms with E-state index in [4.69, 9.17) is 19.5 Å². The zero-order chi connectivity index (χ0) is 28.0. The number of benzene rings is 2. The second-order valence-electron chi connectivity index (χ2n) is 11.0. The van der Waals surface area contributed by atoms with Crippen LogP contribution in [0, 0.1) is 11.3 Å². The molecule has 0 radical (unpaired) electrons. The van der Waals surface area contributed by atoms with Gasteiger partial charge in [-0.05, 0) is 81.1 Å². The first-order chi connectivity index (χ1) is 18.6. The molecule has 1 N–H and O–H groups in total. The average Bonchev–Trinajstić information content (AvgIpc) is 2.89. The summed E-state index contributed by atoms with van der Waals surface area (Å²) in [6.45, 7) is 10.0. The maximum atomic E-state index is 12.0. The van der Waals surface area contributed by atoms with Gasteiger partial charge in [0.2, 0.25) is 0 Å². The molecule has 1 aliphatic carbocycles. The first kappa shape index (κ1) is 28.0. The quantitative estimate of drug-likeness (QED) is 0.314. The lowest BCUT2D eigenvalue weighted by atomic mass is 9.70. The second-order valence-corrected chi connectivity index (χ2v) is 11.0. The first-order valence-electron chi connectivity index (χ1n) is 13.6. The third-order valence-corrected chi connectivity index (χ3v) is 7.23. The zero-order valence-electron chi connectivity index (χ0n) is 23.4. The van der Waals surface area contributed by atoms with Crippen molar-refractivity contribution in [2.45, 2.75) is 83.5 Å². The average molecular weight is 528 g/mol. The van der Waals surface area contributed by atoms with Crippen LogP contribution >= 0.6 is 0 Å². The fourth-order valence-electron chi connectivity index (χ4n) is 5.02. The van der Waals surface area contributed by atoms with Crippen LogP contribution < -0.4 is 14.8 Å². The molecule has 7 nitrogen and oxygen atoms in total. The molecule has 4 rings (SSSR count). The van der Waals surface area contributed by atoms with E-state index < -0.39 is 5.60 Å². The summed E-state index contributed by atoms with van der Waals surface area (Å²) in [5.41, 5.74) is 2.19. The molecule has 39 heavy (non-hydrogen) atoms. The Hall–Kier alpha value is -4.05. The Morgan fingerprint density at radius 1 is 0.923 bits per heavy atom. The lowest BCUT2D eigenvalue weighted by Gasteiger charge is -2.36. The molecule has 7 heteroatoms. The van der Waals surface area contributed by atoms with E-state index in [1.807, 2.05) is 51.1 Å². The first-order valence-corrected chi connectivity index (χ1v) is 13.6. The molecule has 1 fully saturated rings. The molecule has 1 amide bonds. The summed E-state index contributed by atoms with van der Waals surface area (Å²) < 4.78 is 17.4. The largest absolute Gasteiger partial charge is 0.490 e. The van der Waals surface area contributed by atoms with Crippen molar-refractivity contribution in [1.29, 1.82) is 5.26 Å². The molecule has 0 unspecified atom stereocenters. The van der Waals surface area contributed by atoms with Crippen LogP contribution in [-0.4, -0.2) is 28.8 Å². The number of ether oxygens (including phenoxy) is 3. The van der Waals surface area contributed by atoms with Crippen molar-refractivity contribution >= 4 is 6.09 Å². The van der Waals surface area contributed by atoms with Gasteiger partial charge in [-0.25, -0.2) is 9.78 Å². The number of hydrogen-bond acceptors (Lipinski definition) is 6. The molecular formula is C32H37N3O4. The number of nitriles is 1. The Balaban J connectivity index is 1.37. The summed E-state index contributed by atoms with van der Waals surface area (Å²) in [4.78, 5) is 16.0. The van der Waals surface area contributed by atoms with Gasteiger partial charge in [0.05, 0.1) is 6.20 Å². The van der Waals surface area contributed by atoms with Gasteiger partial charge in [-0.15, -0.1) is 0 Å². The Kier molecular flexibility index (Phi) is 8.44. The van der Waals surface area contributed by atoms with Crippen LogP contribution in [0.5, 0.6) is 17.2 Å². The van der Waals surface area contributed by atoms with Gasteiger partial charge in [0.25, 0.3) is 0 Å². The summed E-state index contributed by atoms with van der Waals surface area (Å²) in [5.74, 6) is 2.14. The maximum absolute atomic E-state index is 12.0. The predicted molar refractivity (Wildman–Crippen MR) is 150 cm³/mol. The van der Waals surface area contributed by atoms with Crippen molar-refractivity contribution in [1.82, 2.24) is 10.3 Å². The van der Waals surface area contributed by atoms with Crippen LogP contribution in [0.4, 0.5) is 4.79 Å². The number of carbonyl (C=O) groups excluding carboxylic acids is 1. The van der Waals surface area contributed by atoms with E-state index in [-0.39, 0.29) is 23.7 Å². The highest BCUT2D eigenvalue weighted by atomic mass is 16.6. The van der Waals surface area contributed by atoms with Crippen molar-refractivity contribution in [2.75, 3.05) is 0 Å². The minimum Gasteiger partial charge on any atom is -0.490 e. The van der Waals surface area contributed by atoms with E-state index in [0.29, 0.717) is 11.4 Å². The van der Waals surface area contributed by atoms with Crippen molar-refractivity contribution in [3.8, 4) is 23.3 Å². The molecule has 0 atom stereocenters. The monoisotopic (exact) mass is 527 g/mol. The van der Waals surface area contributed by atoms with E-state index in [1.54, 1.807) is 18.3 Å². The number of alkyl carbamates (subject to hydrolysis) is 1. The van der Waals surface area contributed by atoms with Crippen molar-refractivity contribution in [3.05, 3.63) is 83.7 Å². The molecule has 0 saturated heterocycles. The second kappa shape index (κ2) is 11.8. The summed E-state index contributed by atoms with van der Waals surface area (Å²) >= 11 is 0. The van der Waals surface area contributed by atoms with E-state index >= 15 is 0 Å². The van der Waals surface area contributed by atoms with Gasteiger partial charge >= 0.3 is 6.09 Å². The van der Waals surface area contributed by atoms with Gasteiger partial charge in [-0.1, -0.05) is 38.1 Å². The number of pyridine rings is 1. The Morgan fingerprint density at radius 3 is 1.97 bits per heavy atom. The smallest absolute Gasteiger partial charge is 0.407 e. The van der Waals surface area contributed by atoms with Gasteiger partial charge in [0.1, 0.15) is 40.7 Å². The van der Waals surface area contributed by atoms with Gasteiger partial charge in [-0.2, -0.15) is 5.26 Å². The third-order valence-electron chi connectivity index (χ3n) is 7.23. The summed E-state index contributed by atoms with van der Waals surface area (Å²) in [6.07, 6.45) is 4.69. The normalized spacial score (nSPS) is 16.9. The van der Waals surface area contributed by atoms with Gasteiger partial charge < -0.3 is 19.5 Å². The SMILES string of the molecule is CCC(CC)(c1ccc(Oc2ccc(C#N)nc2)cc1)c1ccc(OC2CC(NC(=O)OC(C)(C)C)C2)cc1. The number of aromatic nitrogens is 1. The molecule has 1 saturated carbocycles. The van der Waals surface area contributed by atoms with E-state index in [2.05, 4.69) is 48.4 Å². The highest BCUT2D eigenvalue weighted by Gasteiger charge is 2.34. The number of carbonyl (C=O) groups is 1. The van der Waals surface area contributed by atoms with Crippen LogP contribution in [0.3, 0.4) is 0 Å². The molecule has 1 aliphatic rings. The molecular weight excluding hydrogens is 490 g/mol. The minimum atomic E-state index is -0.503. The summed E-state index contributed by atoms with van der Waals surface area (Å²) in [7, 11) is 0. The molecule has 2 aromatic carbocycles. The molecule has 1 aromatic heterocycles. The third kappa shape index (κ3) is 6.88. The Labute approximate surface area is 231 Å². The molecule has 3 aromatic rings. The van der Waals surface area contributed by atoms with Gasteiger partial charge in [0, 0.05) is 24.3 Å². The Morgan fingerprint density at radius 2 is 1.49 bits per heavy atom. The molecule has 0 aliphatic heterocycles. The minimum absolute atomic E-state index is 0.0803. The number of nitrogens with zero attached hydrogens (tertiary/aromatic N) is 2. The molecule has 0 bridgehead atoms. The fraction of sp³-hybridized carbons (Fsp3) is 0.406. The van der Waals surface area contributed by atoms with Crippen LogP contribution in [0.25, 0.3) is 0 Å². The van der Waals surface area contributed by atoms with E-state index in [0.717, 1.165) is 37.2 Å². The number of rotatable bonds is 9. The number of hydrogen-bond donors (Lipinski definition) is 1. The molecule has 0 spiro atoms. The predicted octanol–water partition coefficient (Wildman–Crippen LogP) is 7.29. The topological polar surface area (TPSA) is 93.5 Å². The van der Waals surface area contributed by atoms with Crippen LogP contribution in [0.1, 0.15) is 77.1 Å². The number of amides is 1. The zero-order valence-corrected chi connectivity index (χ0v) is 23.4. The highest BCUT2D eigenvalue weighted by molar-refractivity contribution is 5.68. The standard InChI is InChI=1S/C32H37N3O4/c1-6-32(7-2,22-8-13-26(14-9-22)37-28-17-12-24(20-33)34-21-28)23-10-15-27(16-11-23)38-29-18-25(19-29)35-30(36)39-31(3,4)5/h8-17,21,25,29H,6-7,18-19H2,1-5H3,(H,35,36). The summed E-state index contributed by atoms with van der Waals surface area (Å²) in [5, 5.41) is 11.8. The highest BCUT2D eigenvalue weighted by Crippen LogP contribution is 2.40. The lowest BCUT2D eigenvalue weighted by molar-refractivity contribution is 0.0363. The Bertz CT molecular complexity index is 1280. The number of nitrogens with one attached hydrogen (secondary N) is 1. The van der Waals surface area contributed by atoms with Crippen LogP contribution in [0.15, 0.2) is 66.9 Å². The van der Waals surface area contributed by atoms with Crippen molar-refractivity contribution < 1.29 is 19.0 Å². The van der Waals surface area contributed by atoms with E-state index in [9.17, 15) is 4.79 Å². The van der Waals surface area contributed by atoms with Crippen LogP contribution in [0.2, 0.25) is 0 Å².